The number of non-ortho nitro benzene ring substituents is 1. The number of fused-ring (bicyclic) bond motifs is 2. The lowest BCUT2D eigenvalue weighted by Crippen LogP contribution is -2.43. The second-order valence-corrected chi connectivity index (χ2v) is 9.40. The van der Waals surface area contributed by atoms with Crippen LogP contribution in [0.4, 0.5) is 15.8 Å². The number of anilines is 1. The molecule has 8 nitrogen and oxygen atoms in total. The quantitative estimate of drug-likeness (QED) is 0.385. The number of benzene rings is 2. The van der Waals surface area contributed by atoms with Gasteiger partial charge in [0.25, 0.3) is 5.69 Å². The zero-order valence-electron chi connectivity index (χ0n) is 18.6. The first-order valence-corrected chi connectivity index (χ1v) is 10.6. The van der Waals surface area contributed by atoms with Gasteiger partial charge in [-0.2, -0.15) is 0 Å². The van der Waals surface area contributed by atoms with Crippen molar-refractivity contribution in [2.75, 3.05) is 5.32 Å². The summed E-state index contributed by atoms with van der Waals surface area (Å²) in [6.45, 7) is 6.06. The number of carbonyl (C=O) groups excluding carboxylic acids is 2. The number of hydrogen-bond donors (Lipinski definition) is 1. The molecule has 0 heterocycles. The van der Waals surface area contributed by atoms with Crippen molar-refractivity contribution in [3.05, 3.63) is 70.0 Å². The fourth-order valence-electron chi connectivity index (χ4n) is 5.17. The Morgan fingerprint density at radius 3 is 2.30 bits per heavy atom. The number of nitro benzene ring substituents is 1. The van der Waals surface area contributed by atoms with Crippen LogP contribution in [0.2, 0.25) is 0 Å². The normalized spacial score (nSPS) is 26.2. The van der Waals surface area contributed by atoms with Gasteiger partial charge in [0.2, 0.25) is 5.91 Å². The highest BCUT2D eigenvalue weighted by Crippen LogP contribution is 2.71. The van der Waals surface area contributed by atoms with Crippen molar-refractivity contribution >= 4 is 29.0 Å². The molecule has 2 atom stereocenters. The summed E-state index contributed by atoms with van der Waals surface area (Å²) in [5, 5.41) is 17.8. The monoisotopic (exact) mass is 453 g/mol. The molecule has 2 bridgehead atoms. The van der Waals surface area contributed by atoms with Crippen LogP contribution in [0, 0.1) is 32.2 Å². The van der Waals surface area contributed by atoms with E-state index in [0.29, 0.717) is 30.7 Å². The molecule has 2 fully saturated rings. The van der Waals surface area contributed by atoms with Gasteiger partial charge in [-0.1, -0.05) is 25.9 Å². The van der Waals surface area contributed by atoms with Crippen LogP contribution in [-0.4, -0.2) is 22.5 Å². The van der Waals surface area contributed by atoms with Crippen LogP contribution in [0.1, 0.15) is 50.4 Å². The Morgan fingerprint density at radius 1 is 1.06 bits per heavy atom. The molecule has 0 aromatic heterocycles. The standard InChI is InChI=1S/C24H24FN3O5/c1-22(2)23(3)12-13-24(22,21(30)26-17-8-6-16(25)7-9-17)14-19(23)27-33-20(29)15-4-10-18(11-5-15)28(31)32/h4-11H,12-14H2,1-3H3,(H,26,30). The summed E-state index contributed by atoms with van der Waals surface area (Å²) in [5.74, 6) is -1.29. The van der Waals surface area contributed by atoms with E-state index in [1.54, 1.807) is 0 Å². The van der Waals surface area contributed by atoms with Gasteiger partial charge in [0, 0.05) is 29.7 Å². The van der Waals surface area contributed by atoms with Gasteiger partial charge in [-0.05, 0) is 54.7 Å². The number of hydrogen-bond acceptors (Lipinski definition) is 6. The predicted molar refractivity (Wildman–Crippen MR) is 119 cm³/mol. The highest BCUT2D eigenvalue weighted by molar-refractivity contribution is 6.06. The molecular weight excluding hydrogens is 429 g/mol. The number of oxime groups is 1. The lowest BCUT2D eigenvalue weighted by molar-refractivity contribution is -0.384. The van der Waals surface area contributed by atoms with E-state index in [4.69, 9.17) is 4.84 Å². The van der Waals surface area contributed by atoms with Crippen molar-refractivity contribution < 1.29 is 23.7 Å². The molecule has 0 spiro atoms. The zero-order chi connectivity index (χ0) is 24.0. The number of nitro groups is 1. The molecule has 33 heavy (non-hydrogen) atoms. The Balaban J connectivity index is 1.55. The summed E-state index contributed by atoms with van der Waals surface area (Å²) in [5.41, 5.74) is -0.533. The van der Waals surface area contributed by atoms with Gasteiger partial charge in [-0.25, -0.2) is 9.18 Å². The maximum absolute atomic E-state index is 13.4. The van der Waals surface area contributed by atoms with Gasteiger partial charge in [0.05, 0.1) is 21.6 Å². The van der Waals surface area contributed by atoms with Crippen molar-refractivity contribution in [3.8, 4) is 0 Å². The Bertz CT molecular complexity index is 1160. The van der Waals surface area contributed by atoms with E-state index >= 15 is 0 Å². The molecule has 2 aliphatic rings. The minimum atomic E-state index is -0.755. The minimum absolute atomic E-state index is 0.130. The number of rotatable bonds is 5. The van der Waals surface area contributed by atoms with Crippen molar-refractivity contribution in [2.45, 2.75) is 40.0 Å². The van der Waals surface area contributed by atoms with Gasteiger partial charge < -0.3 is 10.2 Å². The van der Waals surface area contributed by atoms with E-state index in [2.05, 4.69) is 10.5 Å². The van der Waals surface area contributed by atoms with E-state index in [-0.39, 0.29) is 23.0 Å². The number of carbonyl (C=O) groups is 2. The Labute approximate surface area is 190 Å². The lowest BCUT2D eigenvalue weighted by Gasteiger charge is -2.39. The van der Waals surface area contributed by atoms with Crippen molar-refractivity contribution in [3.63, 3.8) is 0 Å². The molecule has 2 aliphatic carbocycles. The second-order valence-electron chi connectivity index (χ2n) is 9.40. The molecule has 0 saturated heterocycles. The summed E-state index contributed by atoms with van der Waals surface area (Å²) >= 11 is 0. The SMILES string of the molecule is CC12CCC(C(=O)Nc3ccc(F)cc3)(CC1=NOC(=O)c1ccc([N+](=O)[O-])cc1)C2(C)C. The van der Waals surface area contributed by atoms with Crippen LogP contribution in [0.3, 0.4) is 0 Å². The summed E-state index contributed by atoms with van der Waals surface area (Å²) in [4.78, 5) is 41.3. The van der Waals surface area contributed by atoms with E-state index in [1.807, 2.05) is 20.8 Å². The first-order valence-electron chi connectivity index (χ1n) is 10.6. The van der Waals surface area contributed by atoms with Crippen molar-refractivity contribution in [1.29, 1.82) is 0 Å². The van der Waals surface area contributed by atoms with Crippen LogP contribution in [0.15, 0.2) is 53.7 Å². The van der Waals surface area contributed by atoms with Gasteiger partial charge in [-0.15, -0.1) is 0 Å². The molecule has 2 aromatic carbocycles. The summed E-state index contributed by atoms with van der Waals surface area (Å²) < 4.78 is 13.2. The van der Waals surface area contributed by atoms with E-state index in [1.165, 1.54) is 48.5 Å². The fraction of sp³-hybridized carbons (Fsp3) is 0.375. The van der Waals surface area contributed by atoms with E-state index in [0.717, 1.165) is 0 Å². The third-order valence-corrected chi connectivity index (χ3v) is 7.82. The summed E-state index contributed by atoms with van der Waals surface area (Å²) in [7, 11) is 0. The highest BCUT2D eigenvalue weighted by atomic mass is 19.1. The Hall–Kier alpha value is -3.62. The topological polar surface area (TPSA) is 111 Å². The smallest absolute Gasteiger partial charge is 0.326 e. The van der Waals surface area contributed by atoms with Crippen molar-refractivity contribution in [1.82, 2.24) is 0 Å². The Kier molecular flexibility index (Phi) is 5.30. The van der Waals surface area contributed by atoms with Gasteiger partial charge in [0.15, 0.2) is 0 Å². The molecular formula is C24H24FN3O5. The second kappa shape index (κ2) is 7.75. The van der Waals surface area contributed by atoms with Crippen LogP contribution in [0.5, 0.6) is 0 Å². The molecule has 1 N–H and O–H groups in total. The van der Waals surface area contributed by atoms with Crippen LogP contribution < -0.4 is 5.32 Å². The van der Waals surface area contributed by atoms with Crippen LogP contribution >= 0.6 is 0 Å². The fourth-order valence-corrected chi connectivity index (χ4v) is 5.17. The molecule has 172 valence electrons. The first-order chi connectivity index (χ1) is 15.5. The number of amides is 1. The zero-order valence-corrected chi connectivity index (χ0v) is 18.6. The number of halogens is 1. The minimum Gasteiger partial charge on any atom is -0.326 e. The van der Waals surface area contributed by atoms with Crippen LogP contribution in [0.25, 0.3) is 0 Å². The molecule has 2 aromatic rings. The average Bonchev–Trinajstić information content (AvgIpc) is 3.09. The average molecular weight is 453 g/mol. The molecule has 2 unspecified atom stereocenters. The predicted octanol–water partition coefficient (Wildman–Crippen LogP) is 5.10. The molecule has 0 radical (unpaired) electrons. The summed E-state index contributed by atoms with van der Waals surface area (Å²) in [6, 6.07) is 10.7. The van der Waals surface area contributed by atoms with Crippen LogP contribution in [-0.2, 0) is 9.63 Å². The molecule has 0 aliphatic heterocycles. The van der Waals surface area contributed by atoms with Gasteiger partial charge >= 0.3 is 5.97 Å². The largest absolute Gasteiger partial charge is 0.365 e. The maximum Gasteiger partial charge on any atom is 0.365 e. The van der Waals surface area contributed by atoms with Gasteiger partial charge in [0.1, 0.15) is 5.82 Å². The van der Waals surface area contributed by atoms with E-state index in [9.17, 15) is 24.1 Å². The Morgan fingerprint density at radius 2 is 1.70 bits per heavy atom. The molecule has 1 amide bonds. The third kappa shape index (κ3) is 3.48. The maximum atomic E-state index is 13.4. The van der Waals surface area contributed by atoms with E-state index < -0.39 is 27.1 Å². The number of nitrogens with one attached hydrogen (secondary N) is 1. The molecule has 2 saturated carbocycles. The van der Waals surface area contributed by atoms with Crippen molar-refractivity contribution in [2.24, 2.45) is 21.4 Å². The first kappa shape index (κ1) is 22.6. The third-order valence-electron chi connectivity index (χ3n) is 7.82. The molecule has 4 rings (SSSR count). The lowest BCUT2D eigenvalue weighted by atomic mass is 9.64. The highest BCUT2D eigenvalue weighted by Gasteiger charge is 2.71. The number of nitrogens with zero attached hydrogens (tertiary/aromatic N) is 2. The molecule has 9 heteroatoms. The van der Waals surface area contributed by atoms with Gasteiger partial charge in [-0.3, -0.25) is 14.9 Å². The summed E-state index contributed by atoms with van der Waals surface area (Å²) in [6.07, 6.45) is 1.68.